The highest BCUT2D eigenvalue weighted by Gasteiger charge is 2.33. The lowest BCUT2D eigenvalue weighted by atomic mass is 9.93. The van der Waals surface area contributed by atoms with E-state index in [9.17, 15) is 14.0 Å². The van der Waals surface area contributed by atoms with Gasteiger partial charge in [-0.25, -0.2) is 4.39 Å². The number of benzene rings is 3. The van der Waals surface area contributed by atoms with Crippen LogP contribution >= 0.6 is 0 Å². The maximum atomic E-state index is 13.3. The van der Waals surface area contributed by atoms with Crippen molar-refractivity contribution in [1.29, 1.82) is 0 Å². The fourth-order valence-corrected chi connectivity index (χ4v) is 4.55. The van der Waals surface area contributed by atoms with Gasteiger partial charge in [-0.1, -0.05) is 30.3 Å². The molecule has 1 atom stereocenters. The van der Waals surface area contributed by atoms with Gasteiger partial charge in [-0.15, -0.1) is 0 Å². The molecule has 1 saturated heterocycles. The van der Waals surface area contributed by atoms with Crippen LogP contribution in [0.1, 0.15) is 24.4 Å². The second-order valence-corrected chi connectivity index (χ2v) is 8.68. The Hall–Kier alpha value is -3.91. The molecule has 5 rings (SSSR count). The first-order valence-corrected chi connectivity index (χ1v) is 11.6. The van der Waals surface area contributed by atoms with Crippen molar-refractivity contribution in [3.63, 3.8) is 0 Å². The van der Waals surface area contributed by atoms with Crippen molar-refractivity contribution >= 4 is 23.2 Å². The Balaban J connectivity index is 1.24. The van der Waals surface area contributed by atoms with Crippen molar-refractivity contribution < 1.29 is 23.5 Å². The summed E-state index contributed by atoms with van der Waals surface area (Å²) in [6, 6.07) is 20.1. The standard InChI is InChI=1S/C27H26FN3O4/c28-20-6-8-21(9-7-20)29-27(33)25(18-4-2-1-3-5-18)31-14-12-19(13-15-31)26(32)30-22-10-11-23-24(16-22)35-17-34-23/h1-11,16,19,25H,12-15,17H2,(H,29,33)(H,30,32)/t25-/m0/s1. The van der Waals surface area contributed by atoms with Crippen molar-refractivity contribution in [3.8, 4) is 11.5 Å². The van der Waals surface area contributed by atoms with E-state index in [0.717, 1.165) is 5.56 Å². The first kappa shape index (κ1) is 22.9. The molecule has 0 radical (unpaired) electrons. The number of carbonyl (C=O) groups excluding carboxylic acids is 2. The SMILES string of the molecule is O=C(Nc1ccc2c(c1)OCO2)C1CCN([C@H](C(=O)Nc2ccc(F)cc2)c2ccccc2)CC1. The van der Waals surface area contributed by atoms with E-state index in [1.807, 2.05) is 30.3 Å². The van der Waals surface area contributed by atoms with Crippen molar-refractivity contribution in [2.45, 2.75) is 18.9 Å². The summed E-state index contributed by atoms with van der Waals surface area (Å²) < 4.78 is 24.0. The summed E-state index contributed by atoms with van der Waals surface area (Å²) in [5, 5.41) is 5.88. The number of anilines is 2. The third-order valence-electron chi connectivity index (χ3n) is 6.38. The van der Waals surface area contributed by atoms with E-state index in [1.165, 1.54) is 12.1 Å². The van der Waals surface area contributed by atoms with E-state index >= 15 is 0 Å². The average Bonchev–Trinajstić information content (AvgIpc) is 3.35. The Morgan fingerprint density at radius 3 is 2.29 bits per heavy atom. The van der Waals surface area contributed by atoms with Crippen molar-refractivity contribution in [3.05, 3.63) is 84.2 Å². The number of likely N-dealkylation sites (tertiary alicyclic amines) is 1. The molecule has 35 heavy (non-hydrogen) atoms. The number of rotatable bonds is 6. The van der Waals surface area contributed by atoms with E-state index in [-0.39, 0.29) is 30.3 Å². The van der Waals surface area contributed by atoms with Gasteiger partial charge in [0.1, 0.15) is 11.9 Å². The minimum atomic E-state index is -0.515. The highest BCUT2D eigenvalue weighted by atomic mass is 19.1. The van der Waals surface area contributed by atoms with Gasteiger partial charge < -0.3 is 20.1 Å². The quantitative estimate of drug-likeness (QED) is 0.545. The summed E-state index contributed by atoms with van der Waals surface area (Å²) in [6.45, 7) is 1.37. The van der Waals surface area contributed by atoms with E-state index < -0.39 is 6.04 Å². The number of nitrogens with one attached hydrogen (secondary N) is 2. The third kappa shape index (κ3) is 5.27. The van der Waals surface area contributed by atoms with Crippen LogP contribution in [0.25, 0.3) is 0 Å². The van der Waals surface area contributed by atoms with Crippen LogP contribution in [-0.2, 0) is 9.59 Å². The molecule has 2 N–H and O–H groups in total. The van der Waals surface area contributed by atoms with Crippen LogP contribution in [0.5, 0.6) is 11.5 Å². The molecule has 2 aliphatic heterocycles. The summed E-state index contributed by atoms with van der Waals surface area (Å²) in [5.41, 5.74) is 2.08. The Bertz CT molecular complexity index is 1190. The first-order valence-electron chi connectivity index (χ1n) is 11.6. The molecule has 2 aliphatic rings. The van der Waals surface area contributed by atoms with Gasteiger partial charge in [0.15, 0.2) is 11.5 Å². The molecular weight excluding hydrogens is 449 g/mol. The second-order valence-electron chi connectivity index (χ2n) is 8.68. The van der Waals surface area contributed by atoms with E-state index in [4.69, 9.17) is 9.47 Å². The number of nitrogens with zero attached hydrogens (tertiary/aromatic N) is 1. The Morgan fingerprint density at radius 1 is 0.857 bits per heavy atom. The summed E-state index contributed by atoms with van der Waals surface area (Å²) in [5.74, 6) is 0.538. The van der Waals surface area contributed by atoms with Gasteiger partial charge in [-0.3, -0.25) is 14.5 Å². The average molecular weight is 476 g/mol. The minimum Gasteiger partial charge on any atom is -0.454 e. The first-order chi connectivity index (χ1) is 17.1. The molecule has 0 aromatic heterocycles. The second kappa shape index (κ2) is 10.1. The monoisotopic (exact) mass is 475 g/mol. The van der Waals surface area contributed by atoms with Crippen LogP contribution in [0.15, 0.2) is 72.8 Å². The summed E-state index contributed by atoms with van der Waals surface area (Å²) in [6.07, 6.45) is 1.26. The molecule has 7 nitrogen and oxygen atoms in total. The molecule has 3 aromatic rings. The van der Waals surface area contributed by atoms with Crippen molar-refractivity contribution in [2.75, 3.05) is 30.5 Å². The lowest BCUT2D eigenvalue weighted by Gasteiger charge is -2.36. The molecule has 0 unspecified atom stereocenters. The molecule has 1 fully saturated rings. The van der Waals surface area contributed by atoms with E-state index in [2.05, 4.69) is 15.5 Å². The summed E-state index contributed by atoms with van der Waals surface area (Å²) >= 11 is 0. The third-order valence-corrected chi connectivity index (χ3v) is 6.38. The lowest BCUT2D eigenvalue weighted by Crippen LogP contribution is -2.44. The zero-order valence-electron chi connectivity index (χ0n) is 19.1. The van der Waals surface area contributed by atoms with Crippen LogP contribution in [0.2, 0.25) is 0 Å². The molecule has 0 bridgehead atoms. The summed E-state index contributed by atoms with van der Waals surface area (Å²) in [7, 11) is 0. The maximum Gasteiger partial charge on any atom is 0.246 e. The molecule has 0 saturated carbocycles. The number of hydrogen-bond acceptors (Lipinski definition) is 5. The van der Waals surface area contributed by atoms with Gasteiger partial charge in [0.2, 0.25) is 18.6 Å². The highest BCUT2D eigenvalue weighted by Crippen LogP contribution is 2.35. The normalized spacial score (nSPS) is 16.5. The molecule has 0 aliphatic carbocycles. The Morgan fingerprint density at radius 2 is 1.54 bits per heavy atom. The van der Waals surface area contributed by atoms with Gasteiger partial charge in [-0.2, -0.15) is 0 Å². The predicted octanol–water partition coefficient (Wildman–Crippen LogP) is 4.58. The molecule has 8 heteroatoms. The number of hydrogen-bond donors (Lipinski definition) is 2. The van der Waals surface area contributed by atoms with Gasteiger partial charge in [0.25, 0.3) is 0 Å². The smallest absolute Gasteiger partial charge is 0.246 e. The number of halogens is 1. The van der Waals surface area contributed by atoms with Gasteiger partial charge >= 0.3 is 0 Å². The number of piperidine rings is 1. The lowest BCUT2D eigenvalue weighted by molar-refractivity contribution is -0.124. The molecule has 3 aromatic carbocycles. The van der Waals surface area contributed by atoms with Crippen LogP contribution < -0.4 is 20.1 Å². The van der Waals surface area contributed by atoms with Crippen molar-refractivity contribution in [1.82, 2.24) is 4.90 Å². The molecular formula is C27H26FN3O4. The van der Waals surface area contributed by atoms with Gasteiger partial charge in [-0.05, 0) is 67.9 Å². The topological polar surface area (TPSA) is 79.9 Å². The van der Waals surface area contributed by atoms with Crippen LogP contribution in [0.4, 0.5) is 15.8 Å². The zero-order chi connectivity index (χ0) is 24.2. The molecule has 180 valence electrons. The Kier molecular flexibility index (Phi) is 6.63. The van der Waals surface area contributed by atoms with Gasteiger partial charge in [0, 0.05) is 23.4 Å². The maximum absolute atomic E-state index is 13.3. The Labute approximate surface area is 202 Å². The predicted molar refractivity (Wildman–Crippen MR) is 130 cm³/mol. The van der Waals surface area contributed by atoms with Crippen LogP contribution in [-0.4, -0.2) is 36.6 Å². The molecule has 0 spiro atoms. The van der Waals surface area contributed by atoms with Gasteiger partial charge in [0.05, 0.1) is 0 Å². The minimum absolute atomic E-state index is 0.0458. The molecule has 2 heterocycles. The zero-order valence-corrected chi connectivity index (χ0v) is 19.1. The van der Waals surface area contributed by atoms with Crippen LogP contribution in [0, 0.1) is 11.7 Å². The van der Waals surface area contributed by atoms with Crippen molar-refractivity contribution in [2.24, 2.45) is 5.92 Å². The fourth-order valence-electron chi connectivity index (χ4n) is 4.55. The number of fused-ring (bicyclic) bond motifs is 1. The largest absolute Gasteiger partial charge is 0.454 e. The molecule has 2 amide bonds. The van der Waals surface area contributed by atoms with E-state index in [0.29, 0.717) is 48.8 Å². The summed E-state index contributed by atoms with van der Waals surface area (Å²) in [4.78, 5) is 28.3. The van der Waals surface area contributed by atoms with E-state index in [1.54, 1.807) is 30.3 Å². The highest BCUT2D eigenvalue weighted by molar-refractivity contribution is 5.96. The number of carbonyl (C=O) groups is 2. The van der Waals surface area contributed by atoms with Crippen LogP contribution in [0.3, 0.4) is 0 Å². The number of amides is 2. The fraction of sp³-hybridized carbons (Fsp3) is 0.259. The number of ether oxygens (including phenoxy) is 2.